The van der Waals surface area contributed by atoms with Gasteiger partial charge in [-0.25, -0.2) is 4.98 Å². The van der Waals surface area contributed by atoms with Crippen LogP contribution in [0.3, 0.4) is 0 Å². The Morgan fingerprint density at radius 2 is 2.05 bits per heavy atom. The fraction of sp³-hybridized carbons (Fsp3) is 0.235. The molecule has 3 aromatic rings. The number of oxazole rings is 1. The van der Waals surface area contributed by atoms with Gasteiger partial charge in [-0.05, 0) is 17.0 Å². The van der Waals surface area contributed by atoms with Crippen LogP contribution >= 0.6 is 11.3 Å². The zero-order valence-electron chi connectivity index (χ0n) is 11.7. The summed E-state index contributed by atoms with van der Waals surface area (Å²) in [5.41, 5.74) is 4.02. The third-order valence-electron chi connectivity index (χ3n) is 4.02. The molecule has 21 heavy (non-hydrogen) atoms. The Morgan fingerprint density at radius 3 is 2.90 bits per heavy atom. The van der Waals surface area contributed by atoms with Crippen LogP contribution in [0.15, 0.2) is 52.5 Å². The molecule has 1 aromatic carbocycles. The van der Waals surface area contributed by atoms with Crippen molar-refractivity contribution in [2.75, 3.05) is 6.54 Å². The first kappa shape index (κ1) is 12.8. The zero-order valence-corrected chi connectivity index (χ0v) is 12.5. The summed E-state index contributed by atoms with van der Waals surface area (Å²) in [7, 11) is 0. The highest BCUT2D eigenvalue weighted by Gasteiger charge is 2.20. The van der Waals surface area contributed by atoms with E-state index in [0.717, 1.165) is 42.5 Å². The van der Waals surface area contributed by atoms with Gasteiger partial charge >= 0.3 is 0 Å². The third-order valence-corrected chi connectivity index (χ3v) is 4.88. The molecule has 3 heterocycles. The SMILES string of the molecule is c1csc(-c2nc(C[NH+]3CCc4ccccc4C3)co2)c1. The second-order valence-electron chi connectivity index (χ2n) is 5.49. The number of nitrogens with one attached hydrogen (secondary N) is 1. The molecule has 1 unspecified atom stereocenters. The number of thiophene rings is 1. The molecule has 0 radical (unpaired) electrons. The van der Waals surface area contributed by atoms with Crippen LogP contribution in [0.4, 0.5) is 0 Å². The first-order valence-corrected chi connectivity index (χ1v) is 8.15. The summed E-state index contributed by atoms with van der Waals surface area (Å²) in [6.07, 6.45) is 2.96. The van der Waals surface area contributed by atoms with Crippen LogP contribution in [0.5, 0.6) is 0 Å². The van der Waals surface area contributed by atoms with Gasteiger partial charge in [0.05, 0.1) is 11.4 Å². The fourth-order valence-electron chi connectivity index (χ4n) is 2.95. The molecule has 2 aromatic heterocycles. The lowest BCUT2D eigenvalue weighted by Gasteiger charge is -2.25. The number of nitrogens with zero attached hydrogens (tertiary/aromatic N) is 1. The van der Waals surface area contributed by atoms with E-state index in [1.807, 2.05) is 23.8 Å². The molecule has 1 aliphatic heterocycles. The van der Waals surface area contributed by atoms with Crippen molar-refractivity contribution in [1.82, 2.24) is 4.98 Å². The van der Waals surface area contributed by atoms with Crippen molar-refractivity contribution in [2.45, 2.75) is 19.5 Å². The van der Waals surface area contributed by atoms with Crippen molar-refractivity contribution < 1.29 is 9.32 Å². The lowest BCUT2D eigenvalue weighted by molar-refractivity contribution is -0.929. The molecule has 0 bridgehead atoms. The van der Waals surface area contributed by atoms with Crippen LogP contribution in [0, 0.1) is 0 Å². The Kier molecular flexibility index (Phi) is 3.33. The number of hydrogen-bond acceptors (Lipinski definition) is 3. The summed E-state index contributed by atoms with van der Waals surface area (Å²) in [5.74, 6) is 0.747. The largest absolute Gasteiger partial charge is 0.443 e. The van der Waals surface area contributed by atoms with Gasteiger partial charge in [0, 0.05) is 12.0 Å². The van der Waals surface area contributed by atoms with E-state index in [1.165, 1.54) is 11.1 Å². The highest BCUT2D eigenvalue weighted by molar-refractivity contribution is 7.13. The number of fused-ring (bicyclic) bond motifs is 1. The standard InChI is InChI=1S/C17H16N2OS/c1-2-5-14-10-19(8-7-13(14)4-1)11-15-12-20-17(18-15)16-6-3-9-21-16/h1-6,9,12H,7-8,10-11H2/p+1. The van der Waals surface area contributed by atoms with Gasteiger partial charge in [0.25, 0.3) is 0 Å². The zero-order chi connectivity index (χ0) is 14.1. The van der Waals surface area contributed by atoms with E-state index in [2.05, 4.69) is 29.2 Å². The first-order valence-electron chi connectivity index (χ1n) is 7.27. The Bertz CT molecular complexity index is 733. The molecular weight excluding hydrogens is 280 g/mol. The van der Waals surface area contributed by atoms with E-state index < -0.39 is 0 Å². The van der Waals surface area contributed by atoms with Crippen LogP contribution in [-0.4, -0.2) is 11.5 Å². The predicted molar refractivity (Wildman–Crippen MR) is 83.2 cm³/mol. The molecule has 1 atom stereocenters. The average Bonchev–Trinajstić information content (AvgIpc) is 3.18. The summed E-state index contributed by atoms with van der Waals surface area (Å²) >= 11 is 1.66. The van der Waals surface area contributed by atoms with E-state index in [-0.39, 0.29) is 0 Å². The van der Waals surface area contributed by atoms with Gasteiger partial charge in [0.2, 0.25) is 5.89 Å². The Morgan fingerprint density at radius 1 is 1.14 bits per heavy atom. The topological polar surface area (TPSA) is 30.5 Å². The normalized spacial score (nSPS) is 17.6. The van der Waals surface area contributed by atoms with Crippen LogP contribution in [0.25, 0.3) is 10.8 Å². The maximum atomic E-state index is 5.61. The first-order chi connectivity index (χ1) is 10.4. The Balaban J connectivity index is 1.48. The molecule has 4 heteroatoms. The lowest BCUT2D eigenvalue weighted by Crippen LogP contribution is -3.10. The lowest BCUT2D eigenvalue weighted by atomic mass is 10.00. The Hall–Kier alpha value is -1.91. The van der Waals surface area contributed by atoms with Gasteiger partial charge in [-0.3, -0.25) is 0 Å². The molecule has 0 saturated heterocycles. The second-order valence-corrected chi connectivity index (χ2v) is 6.44. The van der Waals surface area contributed by atoms with Crippen LogP contribution < -0.4 is 4.90 Å². The molecule has 106 valence electrons. The molecule has 1 N–H and O–H groups in total. The molecule has 1 aliphatic rings. The van der Waals surface area contributed by atoms with Gasteiger partial charge in [-0.15, -0.1) is 11.3 Å². The van der Waals surface area contributed by atoms with E-state index in [1.54, 1.807) is 16.2 Å². The van der Waals surface area contributed by atoms with Crippen molar-refractivity contribution >= 4 is 11.3 Å². The summed E-state index contributed by atoms with van der Waals surface area (Å²) in [6.45, 7) is 3.18. The van der Waals surface area contributed by atoms with Gasteiger partial charge in [0.15, 0.2) is 0 Å². The molecule has 0 aliphatic carbocycles. The minimum atomic E-state index is 0.747. The van der Waals surface area contributed by atoms with Crippen molar-refractivity contribution in [3.8, 4) is 10.8 Å². The van der Waals surface area contributed by atoms with Crippen molar-refractivity contribution in [3.05, 3.63) is 64.9 Å². The van der Waals surface area contributed by atoms with E-state index in [9.17, 15) is 0 Å². The van der Waals surface area contributed by atoms with E-state index in [4.69, 9.17) is 4.42 Å². The van der Waals surface area contributed by atoms with Gasteiger partial charge in [-0.2, -0.15) is 0 Å². The third kappa shape index (κ3) is 2.64. The molecular formula is C17H17N2OS+. The quantitative estimate of drug-likeness (QED) is 0.805. The van der Waals surface area contributed by atoms with Crippen molar-refractivity contribution in [2.24, 2.45) is 0 Å². The smallest absolute Gasteiger partial charge is 0.236 e. The van der Waals surface area contributed by atoms with Crippen molar-refractivity contribution in [1.29, 1.82) is 0 Å². The van der Waals surface area contributed by atoms with Crippen LogP contribution in [-0.2, 0) is 19.5 Å². The monoisotopic (exact) mass is 297 g/mol. The molecule has 0 amide bonds. The van der Waals surface area contributed by atoms with Gasteiger partial charge in [0.1, 0.15) is 25.0 Å². The average molecular weight is 297 g/mol. The fourth-order valence-corrected chi connectivity index (χ4v) is 3.61. The van der Waals surface area contributed by atoms with Gasteiger partial charge < -0.3 is 9.32 Å². The van der Waals surface area contributed by atoms with E-state index >= 15 is 0 Å². The summed E-state index contributed by atoms with van der Waals surface area (Å²) in [5, 5.41) is 2.05. The highest BCUT2D eigenvalue weighted by atomic mass is 32.1. The summed E-state index contributed by atoms with van der Waals surface area (Å²) in [6, 6.07) is 12.8. The maximum absolute atomic E-state index is 5.61. The molecule has 0 spiro atoms. The second kappa shape index (κ2) is 5.47. The molecule has 0 saturated carbocycles. The maximum Gasteiger partial charge on any atom is 0.236 e. The number of benzene rings is 1. The minimum absolute atomic E-state index is 0.747. The number of quaternary nitrogens is 1. The minimum Gasteiger partial charge on any atom is -0.443 e. The number of hydrogen-bond donors (Lipinski definition) is 1. The molecule has 4 rings (SSSR count). The highest BCUT2D eigenvalue weighted by Crippen LogP contribution is 2.23. The van der Waals surface area contributed by atoms with E-state index in [0.29, 0.717) is 0 Å². The number of rotatable bonds is 3. The van der Waals surface area contributed by atoms with Gasteiger partial charge in [-0.1, -0.05) is 30.3 Å². The van der Waals surface area contributed by atoms with Crippen LogP contribution in [0.2, 0.25) is 0 Å². The summed E-state index contributed by atoms with van der Waals surface area (Å²) in [4.78, 5) is 7.28. The predicted octanol–water partition coefficient (Wildman–Crippen LogP) is 2.54. The number of aromatic nitrogens is 1. The molecule has 3 nitrogen and oxygen atoms in total. The van der Waals surface area contributed by atoms with Crippen LogP contribution in [0.1, 0.15) is 16.8 Å². The molecule has 0 fully saturated rings. The summed E-state index contributed by atoms with van der Waals surface area (Å²) < 4.78 is 5.61. The van der Waals surface area contributed by atoms with Crippen molar-refractivity contribution in [3.63, 3.8) is 0 Å². The Labute approximate surface area is 127 Å².